The summed E-state index contributed by atoms with van der Waals surface area (Å²) in [6, 6.07) is 3.30. The van der Waals surface area contributed by atoms with E-state index in [0.717, 1.165) is 36.8 Å². The van der Waals surface area contributed by atoms with E-state index in [1.54, 1.807) is 0 Å². The fourth-order valence-corrected chi connectivity index (χ4v) is 2.09. The van der Waals surface area contributed by atoms with Gasteiger partial charge in [-0.15, -0.1) is 0 Å². The predicted octanol–water partition coefficient (Wildman–Crippen LogP) is 3.88. The second kappa shape index (κ2) is 6.97. The fourth-order valence-electron chi connectivity index (χ4n) is 2.09. The Morgan fingerprint density at radius 1 is 1.00 bits per heavy atom. The van der Waals surface area contributed by atoms with Gasteiger partial charge >= 0.3 is 0 Å². The van der Waals surface area contributed by atoms with Crippen LogP contribution in [0.1, 0.15) is 25.8 Å². The third-order valence-corrected chi connectivity index (χ3v) is 2.91. The number of halogens is 2. The summed E-state index contributed by atoms with van der Waals surface area (Å²) in [5.74, 6) is 0.0486. The first-order chi connectivity index (χ1) is 10.1. The van der Waals surface area contributed by atoms with Crippen molar-refractivity contribution in [1.82, 2.24) is 9.97 Å². The minimum Gasteiger partial charge on any atom is -0.370 e. The van der Waals surface area contributed by atoms with Gasteiger partial charge in [0.2, 0.25) is 0 Å². The molecule has 0 fully saturated rings. The molecule has 21 heavy (non-hydrogen) atoms. The number of benzene rings is 1. The number of hydrogen-bond donors (Lipinski definition) is 2. The van der Waals surface area contributed by atoms with Gasteiger partial charge in [0, 0.05) is 23.9 Å². The van der Waals surface area contributed by atoms with Gasteiger partial charge in [0.05, 0.1) is 0 Å². The number of aromatic nitrogens is 2. The van der Waals surface area contributed by atoms with Crippen molar-refractivity contribution in [2.75, 3.05) is 17.2 Å². The Balaban J connectivity index is 2.35. The third-order valence-electron chi connectivity index (χ3n) is 2.91. The number of nitrogens with zero attached hydrogens (tertiary/aromatic N) is 2. The van der Waals surface area contributed by atoms with Crippen molar-refractivity contribution in [3.8, 4) is 0 Å². The summed E-state index contributed by atoms with van der Waals surface area (Å²) in [5.41, 5.74) is 1.23. The van der Waals surface area contributed by atoms with Crippen LogP contribution in [0.2, 0.25) is 0 Å². The van der Waals surface area contributed by atoms with Crippen LogP contribution >= 0.6 is 0 Å². The Morgan fingerprint density at radius 3 is 2.29 bits per heavy atom. The molecule has 0 aliphatic carbocycles. The molecule has 0 spiro atoms. The van der Waals surface area contributed by atoms with Crippen LogP contribution in [-0.2, 0) is 6.42 Å². The number of nitrogens with one attached hydrogen (secondary N) is 2. The van der Waals surface area contributed by atoms with Gasteiger partial charge in [0.25, 0.3) is 0 Å². The van der Waals surface area contributed by atoms with Crippen LogP contribution in [0.15, 0.2) is 24.5 Å². The smallest absolute Gasteiger partial charge is 0.139 e. The van der Waals surface area contributed by atoms with Gasteiger partial charge in [-0.2, -0.15) is 0 Å². The minimum absolute atomic E-state index is 0.325. The molecule has 6 heteroatoms. The molecule has 0 radical (unpaired) electrons. The van der Waals surface area contributed by atoms with E-state index in [1.165, 1.54) is 18.5 Å². The third kappa shape index (κ3) is 3.87. The van der Waals surface area contributed by atoms with E-state index in [2.05, 4.69) is 20.6 Å². The maximum Gasteiger partial charge on any atom is 0.139 e. The van der Waals surface area contributed by atoms with Gasteiger partial charge in [-0.1, -0.05) is 13.3 Å². The summed E-state index contributed by atoms with van der Waals surface area (Å²) in [5, 5.41) is 6.14. The van der Waals surface area contributed by atoms with E-state index in [-0.39, 0.29) is 0 Å². The van der Waals surface area contributed by atoms with Crippen molar-refractivity contribution >= 4 is 17.3 Å². The summed E-state index contributed by atoms with van der Waals surface area (Å²) in [6.45, 7) is 4.77. The lowest BCUT2D eigenvalue weighted by molar-refractivity contribution is 0.584. The molecule has 0 atom stereocenters. The van der Waals surface area contributed by atoms with E-state index in [4.69, 9.17) is 0 Å². The summed E-state index contributed by atoms with van der Waals surface area (Å²) in [6.07, 6.45) is 3.11. The monoisotopic (exact) mass is 292 g/mol. The van der Waals surface area contributed by atoms with E-state index in [1.807, 2.05) is 13.8 Å². The zero-order valence-corrected chi connectivity index (χ0v) is 12.1. The van der Waals surface area contributed by atoms with Crippen LogP contribution in [0.3, 0.4) is 0 Å². The predicted molar refractivity (Wildman–Crippen MR) is 79.8 cm³/mol. The average Bonchev–Trinajstić information content (AvgIpc) is 2.41. The van der Waals surface area contributed by atoms with E-state index >= 15 is 0 Å². The molecule has 0 saturated carbocycles. The summed E-state index contributed by atoms with van der Waals surface area (Å²) in [4.78, 5) is 8.40. The van der Waals surface area contributed by atoms with Gasteiger partial charge in [0.15, 0.2) is 0 Å². The lowest BCUT2D eigenvalue weighted by Crippen LogP contribution is -2.08. The molecule has 0 aliphatic heterocycles. The highest BCUT2D eigenvalue weighted by Gasteiger charge is 2.11. The Labute approximate surface area is 122 Å². The van der Waals surface area contributed by atoms with Crippen LogP contribution in [0.4, 0.5) is 26.1 Å². The minimum atomic E-state index is -0.629. The molecular formula is C15H18F2N4. The molecule has 2 aromatic rings. The molecule has 0 amide bonds. The summed E-state index contributed by atoms with van der Waals surface area (Å²) >= 11 is 0. The highest BCUT2D eigenvalue weighted by Crippen LogP contribution is 2.25. The average molecular weight is 292 g/mol. The first-order valence-corrected chi connectivity index (χ1v) is 6.94. The Hall–Kier alpha value is -2.24. The maximum atomic E-state index is 13.3. The van der Waals surface area contributed by atoms with Gasteiger partial charge in [-0.3, -0.25) is 0 Å². The quantitative estimate of drug-likeness (QED) is 0.848. The van der Waals surface area contributed by atoms with Crippen molar-refractivity contribution in [1.29, 1.82) is 0 Å². The first kappa shape index (κ1) is 15.2. The van der Waals surface area contributed by atoms with Crippen molar-refractivity contribution < 1.29 is 8.78 Å². The van der Waals surface area contributed by atoms with Crippen LogP contribution < -0.4 is 10.6 Å². The second-order valence-corrected chi connectivity index (χ2v) is 4.61. The van der Waals surface area contributed by atoms with Gasteiger partial charge in [0.1, 0.15) is 29.6 Å². The van der Waals surface area contributed by atoms with Gasteiger partial charge < -0.3 is 10.6 Å². The van der Waals surface area contributed by atoms with E-state index in [0.29, 0.717) is 11.5 Å². The number of anilines is 3. The number of rotatable bonds is 6. The maximum absolute atomic E-state index is 13.3. The molecule has 0 saturated heterocycles. The topological polar surface area (TPSA) is 49.8 Å². The Bertz CT molecular complexity index is 596. The van der Waals surface area contributed by atoms with Crippen molar-refractivity contribution in [2.24, 2.45) is 0 Å². The van der Waals surface area contributed by atoms with E-state index < -0.39 is 11.6 Å². The molecule has 2 N–H and O–H groups in total. The summed E-state index contributed by atoms with van der Waals surface area (Å²) in [7, 11) is 0. The Morgan fingerprint density at radius 2 is 1.67 bits per heavy atom. The van der Waals surface area contributed by atoms with Crippen molar-refractivity contribution in [2.45, 2.75) is 26.7 Å². The van der Waals surface area contributed by atoms with Crippen LogP contribution in [0, 0.1) is 11.6 Å². The van der Waals surface area contributed by atoms with E-state index in [9.17, 15) is 8.78 Å². The molecule has 4 nitrogen and oxygen atoms in total. The SMILES string of the molecule is CCCc1c(NCC)ncnc1Nc1cc(F)cc(F)c1. The summed E-state index contributed by atoms with van der Waals surface area (Å²) < 4.78 is 26.5. The lowest BCUT2D eigenvalue weighted by atomic mass is 10.1. The van der Waals surface area contributed by atoms with Crippen LogP contribution in [0.5, 0.6) is 0 Å². The molecule has 1 aromatic heterocycles. The van der Waals surface area contributed by atoms with Gasteiger partial charge in [-0.25, -0.2) is 18.7 Å². The molecule has 1 heterocycles. The van der Waals surface area contributed by atoms with Crippen molar-refractivity contribution in [3.63, 3.8) is 0 Å². The largest absolute Gasteiger partial charge is 0.370 e. The van der Waals surface area contributed by atoms with Crippen molar-refractivity contribution in [3.05, 3.63) is 41.7 Å². The molecule has 2 rings (SSSR count). The number of hydrogen-bond acceptors (Lipinski definition) is 4. The second-order valence-electron chi connectivity index (χ2n) is 4.61. The molecular weight excluding hydrogens is 274 g/mol. The molecule has 112 valence electrons. The fraction of sp³-hybridized carbons (Fsp3) is 0.333. The standard InChI is InChI=1S/C15H18F2N4/c1-3-5-13-14(18-4-2)19-9-20-15(13)21-12-7-10(16)6-11(17)8-12/h6-9H,3-5H2,1-2H3,(H2,18,19,20,21). The molecule has 0 bridgehead atoms. The lowest BCUT2D eigenvalue weighted by Gasteiger charge is -2.14. The van der Waals surface area contributed by atoms with Gasteiger partial charge in [-0.05, 0) is 25.5 Å². The molecule has 0 aliphatic rings. The van der Waals surface area contributed by atoms with Crippen LogP contribution in [-0.4, -0.2) is 16.5 Å². The Kier molecular flexibility index (Phi) is 5.03. The normalized spacial score (nSPS) is 10.5. The molecule has 0 unspecified atom stereocenters. The highest BCUT2D eigenvalue weighted by molar-refractivity contribution is 5.64. The zero-order chi connectivity index (χ0) is 15.2. The molecule has 1 aromatic carbocycles. The highest BCUT2D eigenvalue weighted by atomic mass is 19.1. The first-order valence-electron chi connectivity index (χ1n) is 6.94. The van der Waals surface area contributed by atoms with Crippen LogP contribution in [0.25, 0.3) is 0 Å². The zero-order valence-electron chi connectivity index (χ0n) is 12.1.